The molecule has 0 aromatic heterocycles. The lowest BCUT2D eigenvalue weighted by Gasteiger charge is -2.23. The lowest BCUT2D eigenvalue weighted by atomic mass is 9.82. The number of rotatable bonds is 5. The van der Waals surface area contributed by atoms with Crippen LogP contribution >= 0.6 is 15.9 Å². The molecule has 0 N–H and O–H groups in total. The fourth-order valence-corrected chi connectivity index (χ4v) is 1.81. The van der Waals surface area contributed by atoms with Crippen LogP contribution < -0.4 is 0 Å². The Labute approximate surface area is 71.3 Å². The fourth-order valence-electron chi connectivity index (χ4n) is 1.02. The molecule has 0 aliphatic heterocycles. The number of hydrogen-bond donors (Lipinski definition) is 0. The zero-order chi connectivity index (χ0) is 8.04. The van der Waals surface area contributed by atoms with Crippen molar-refractivity contribution in [2.75, 3.05) is 5.33 Å². The Kier molecular flexibility index (Phi) is 4.96. The van der Waals surface area contributed by atoms with Gasteiger partial charge in [0.05, 0.1) is 0 Å². The molecular formula is C8H15BrO. The van der Waals surface area contributed by atoms with Crippen molar-refractivity contribution >= 4 is 22.2 Å². The molecule has 0 heterocycles. The molecule has 0 spiro atoms. The van der Waals surface area contributed by atoms with Gasteiger partial charge in [-0.15, -0.1) is 0 Å². The summed E-state index contributed by atoms with van der Waals surface area (Å²) in [6.07, 6.45) is 3.98. The first-order valence-electron chi connectivity index (χ1n) is 3.77. The second-order valence-corrected chi connectivity index (χ2v) is 3.42. The van der Waals surface area contributed by atoms with Crippen LogP contribution in [-0.2, 0) is 4.79 Å². The van der Waals surface area contributed by atoms with E-state index in [1.54, 1.807) is 0 Å². The zero-order valence-electron chi connectivity index (χ0n) is 6.69. The van der Waals surface area contributed by atoms with Crippen molar-refractivity contribution in [2.24, 2.45) is 5.41 Å². The average Bonchev–Trinajstić information content (AvgIpc) is 2.01. The van der Waals surface area contributed by atoms with Crippen molar-refractivity contribution in [1.29, 1.82) is 0 Å². The van der Waals surface area contributed by atoms with Gasteiger partial charge >= 0.3 is 0 Å². The largest absolute Gasteiger partial charge is 0.303 e. The molecule has 0 bridgehead atoms. The lowest BCUT2D eigenvalue weighted by molar-refractivity contribution is -0.116. The van der Waals surface area contributed by atoms with Crippen LogP contribution in [0.25, 0.3) is 0 Å². The van der Waals surface area contributed by atoms with E-state index in [9.17, 15) is 4.79 Å². The second-order valence-electron chi connectivity index (χ2n) is 2.63. The van der Waals surface area contributed by atoms with E-state index in [4.69, 9.17) is 0 Å². The highest BCUT2D eigenvalue weighted by molar-refractivity contribution is 9.09. The summed E-state index contributed by atoms with van der Waals surface area (Å²) in [5.41, 5.74) is -0.0521. The molecule has 0 saturated heterocycles. The second kappa shape index (κ2) is 4.89. The van der Waals surface area contributed by atoms with E-state index in [-0.39, 0.29) is 5.41 Å². The normalized spacial score (nSPS) is 11.5. The Morgan fingerprint density at radius 2 is 1.90 bits per heavy atom. The van der Waals surface area contributed by atoms with Crippen LogP contribution in [0, 0.1) is 5.41 Å². The number of alkyl halides is 1. The summed E-state index contributed by atoms with van der Waals surface area (Å²) in [4.78, 5) is 10.7. The molecule has 0 atom stereocenters. The molecule has 2 heteroatoms. The molecule has 0 fully saturated rings. The topological polar surface area (TPSA) is 17.1 Å². The molecule has 0 aliphatic carbocycles. The van der Waals surface area contributed by atoms with Gasteiger partial charge in [-0.3, -0.25) is 0 Å². The summed E-state index contributed by atoms with van der Waals surface area (Å²) >= 11 is 3.35. The Morgan fingerprint density at radius 3 is 2.00 bits per heavy atom. The van der Waals surface area contributed by atoms with Crippen molar-refractivity contribution in [2.45, 2.75) is 33.1 Å². The first kappa shape index (κ1) is 10.2. The van der Waals surface area contributed by atoms with Crippen molar-refractivity contribution in [3.63, 3.8) is 0 Å². The highest BCUT2D eigenvalue weighted by atomic mass is 79.9. The molecular weight excluding hydrogens is 192 g/mol. The lowest BCUT2D eigenvalue weighted by Crippen LogP contribution is -2.20. The van der Waals surface area contributed by atoms with Gasteiger partial charge in [-0.2, -0.15) is 0 Å². The van der Waals surface area contributed by atoms with Gasteiger partial charge in [0.1, 0.15) is 6.29 Å². The molecule has 0 amide bonds. The van der Waals surface area contributed by atoms with E-state index < -0.39 is 0 Å². The molecule has 0 aromatic carbocycles. The van der Waals surface area contributed by atoms with Gasteiger partial charge in [-0.05, 0) is 19.3 Å². The summed E-state index contributed by atoms with van der Waals surface area (Å²) in [6.45, 7) is 4.14. The van der Waals surface area contributed by atoms with E-state index in [1.807, 2.05) is 0 Å². The van der Waals surface area contributed by atoms with Crippen molar-refractivity contribution in [1.82, 2.24) is 0 Å². The van der Waals surface area contributed by atoms with Crippen LogP contribution in [0.4, 0.5) is 0 Å². The van der Waals surface area contributed by atoms with Crippen LogP contribution in [0.5, 0.6) is 0 Å². The van der Waals surface area contributed by atoms with Crippen LogP contribution in [0.15, 0.2) is 0 Å². The van der Waals surface area contributed by atoms with Gasteiger partial charge in [-0.1, -0.05) is 29.8 Å². The summed E-state index contributed by atoms with van der Waals surface area (Å²) < 4.78 is 0. The molecule has 0 aromatic rings. The van der Waals surface area contributed by atoms with Crippen molar-refractivity contribution in [3.05, 3.63) is 0 Å². The summed E-state index contributed by atoms with van der Waals surface area (Å²) in [6, 6.07) is 0. The van der Waals surface area contributed by atoms with Gasteiger partial charge in [0, 0.05) is 10.7 Å². The van der Waals surface area contributed by atoms with Crippen LogP contribution in [0.2, 0.25) is 0 Å². The van der Waals surface area contributed by atoms with E-state index in [1.165, 1.54) is 0 Å². The quantitative estimate of drug-likeness (QED) is 0.500. The molecule has 0 saturated carbocycles. The third kappa shape index (κ3) is 2.41. The maximum absolute atomic E-state index is 10.7. The Hall–Kier alpha value is 0.150. The number of aldehydes is 1. The van der Waals surface area contributed by atoms with E-state index in [0.29, 0.717) is 0 Å². The number of carbonyl (C=O) groups is 1. The highest BCUT2D eigenvalue weighted by Gasteiger charge is 2.23. The monoisotopic (exact) mass is 206 g/mol. The third-order valence-electron chi connectivity index (χ3n) is 2.25. The molecule has 0 aliphatic rings. The fraction of sp³-hybridized carbons (Fsp3) is 0.875. The third-order valence-corrected chi connectivity index (χ3v) is 2.65. The first-order valence-corrected chi connectivity index (χ1v) is 4.89. The minimum absolute atomic E-state index is 0.0521. The van der Waals surface area contributed by atoms with Gasteiger partial charge in [0.2, 0.25) is 0 Å². The summed E-state index contributed by atoms with van der Waals surface area (Å²) in [5, 5.41) is 0.924. The zero-order valence-corrected chi connectivity index (χ0v) is 8.28. The minimum atomic E-state index is -0.0521. The van der Waals surface area contributed by atoms with Gasteiger partial charge < -0.3 is 4.79 Å². The predicted molar refractivity (Wildman–Crippen MR) is 47.5 cm³/mol. The van der Waals surface area contributed by atoms with Crippen LogP contribution in [0.1, 0.15) is 33.1 Å². The Balaban J connectivity index is 4.00. The van der Waals surface area contributed by atoms with Crippen LogP contribution in [0.3, 0.4) is 0 Å². The smallest absolute Gasteiger partial charge is 0.126 e. The number of carbonyl (C=O) groups excluding carboxylic acids is 1. The van der Waals surface area contributed by atoms with Crippen molar-refractivity contribution in [3.8, 4) is 0 Å². The van der Waals surface area contributed by atoms with E-state index in [0.717, 1.165) is 30.9 Å². The van der Waals surface area contributed by atoms with Crippen LogP contribution in [-0.4, -0.2) is 11.6 Å². The summed E-state index contributed by atoms with van der Waals surface area (Å²) in [7, 11) is 0. The minimum Gasteiger partial charge on any atom is -0.303 e. The number of hydrogen-bond acceptors (Lipinski definition) is 1. The van der Waals surface area contributed by atoms with Crippen molar-refractivity contribution < 1.29 is 4.79 Å². The molecule has 1 nitrogen and oxygen atoms in total. The SMILES string of the molecule is CCC(C=O)(CC)CCBr. The number of halogens is 1. The Bertz CT molecular complexity index is 97.4. The standard InChI is InChI=1S/C8H15BrO/c1-3-8(4-2,7-10)5-6-9/h7H,3-6H2,1-2H3. The Morgan fingerprint density at radius 1 is 1.40 bits per heavy atom. The van der Waals surface area contributed by atoms with E-state index in [2.05, 4.69) is 29.8 Å². The van der Waals surface area contributed by atoms with Gasteiger partial charge in [0.15, 0.2) is 0 Å². The molecule has 0 rings (SSSR count). The molecule has 0 radical (unpaired) electrons. The molecule has 60 valence electrons. The van der Waals surface area contributed by atoms with Gasteiger partial charge in [0.25, 0.3) is 0 Å². The maximum atomic E-state index is 10.7. The van der Waals surface area contributed by atoms with Gasteiger partial charge in [-0.25, -0.2) is 0 Å². The highest BCUT2D eigenvalue weighted by Crippen LogP contribution is 2.28. The predicted octanol–water partition coefficient (Wildman–Crippen LogP) is 2.78. The van der Waals surface area contributed by atoms with E-state index >= 15 is 0 Å². The average molecular weight is 207 g/mol. The molecule has 0 unspecified atom stereocenters. The first-order chi connectivity index (χ1) is 4.74. The molecule has 10 heavy (non-hydrogen) atoms. The summed E-state index contributed by atoms with van der Waals surface area (Å²) in [5.74, 6) is 0. The maximum Gasteiger partial charge on any atom is 0.126 e.